The first kappa shape index (κ1) is 14.0. The average Bonchev–Trinajstić information content (AvgIpc) is 2.59. The maximum absolute atomic E-state index is 3.69. The Hall–Kier alpha value is -0.470. The molecule has 100 valence electrons. The molecule has 1 fully saturated rings. The van der Waals surface area contributed by atoms with Gasteiger partial charge in [0, 0.05) is 16.2 Å². The lowest BCUT2D eigenvalue weighted by Gasteiger charge is -2.25. The third-order valence-electron chi connectivity index (χ3n) is 3.73. The molecule has 1 aromatic carbocycles. The maximum Gasteiger partial charge on any atom is 0.0248 e. The molecule has 2 heteroatoms. The van der Waals surface area contributed by atoms with E-state index in [4.69, 9.17) is 0 Å². The van der Waals surface area contributed by atoms with E-state index in [0.29, 0.717) is 6.04 Å². The summed E-state index contributed by atoms with van der Waals surface area (Å²) in [5, 5.41) is 4.43. The molecule has 0 amide bonds. The minimum absolute atomic E-state index is 0.698. The Morgan fingerprint density at radius 3 is 2.56 bits per heavy atom. The average molecular weight is 263 g/mol. The fraction of sp³-hybridized carbons (Fsp3) is 0.625. The molecule has 1 aliphatic rings. The summed E-state index contributed by atoms with van der Waals surface area (Å²) in [5.41, 5.74) is 1.35. The molecule has 2 unspecified atom stereocenters. The van der Waals surface area contributed by atoms with Crippen LogP contribution in [0.3, 0.4) is 0 Å². The Morgan fingerprint density at radius 2 is 1.83 bits per heavy atom. The quantitative estimate of drug-likeness (QED) is 0.808. The number of thioether (sulfide) groups is 1. The van der Waals surface area contributed by atoms with Gasteiger partial charge < -0.3 is 5.32 Å². The highest BCUT2D eigenvalue weighted by atomic mass is 32.2. The molecule has 1 aliphatic carbocycles. The Kier molecular flexibility index (Phi) is 5.58. The van der Waals surface area contributed by atoms with Gasteiger partial charge in [0.25, 0.3) is 0 Å². The van der Waals surface area contributed by atoms with Gasteiger partial charge >= 0.3 is 0 Å². The number of hydrogen-bond donors (Lipinski definition) is 1. The van der Waals surface area contributed by atoms with Gasteiger partial charge in [-0.2, -0.15) is 0 Å². The summed E-state index contributed by atoms with van der Waals surface area (Å²) in [6.07, 6.45) is 6.90. The largest absolute Gasteiger partial charge is 0.313 e. The normalized spacial score (nSPS) is 24.8. The molecule has 1 saturated carbocycles. The minimum Gasteiger partial charge on any atom is -0.313 e. The Balaban J connectivity index is 2.01. The van der Waals surface area contributed by atoms with Crippen molar-refractivity contribution in [3.05, 3.63) is 29.8 Å². The number of benzene rings is 1. The van der Waals surface area contributed by atoms with Crippen molar-refractivity contribution < 1.29 is 0 Å². The second-order valence-electron chi connectivity index (χ2n) is 5.27. The molecule has 2 rings (SSSR count). The summed E-state index contributed by atoms with van der Waals surface area (Å²) >= 11 is 2.07. The van der Waals surface area contributed by atoms with Crippen LogP contribution in [0, 0.1) is 6.92 Å². The second-order valence-corrected chi connectivity index (χ2v) is 6.58. The fourth-order valence-corrected chi connectivity index (χ4v) is 4.03. The Morgan fingerprint density at radius 1 is 1.11 bits per heavy atom. The van der Waals surface area contributed by atoms with Crippen LogP contribution in [0.5, 0.6) is 0 Å². The number of hydrogen-bond acceptors (Lipinski definition) is 2. The van der Waals surface area contributed by atoms with Gasteiger partial charge in [-0.15, -0.1) is 11.8 Å². The highest BCUT2D eigenvalue weighted by Crippen LogP contribution is 2.33. The van der Waals surface area contributed by atoms with Gasteiger partial charge in [-0.25, -0.2) is 0 Å². The predicted molar refractivity (Wildman–Crippen MR) is 81.4 cm³/mol. The molecule has 1 aromatic rings. The maximum atomic E-state index is 3.69. The highest BCUT2D eigenvalue weighted by molar-refractivity contribution is 8.00. The first-order chi connectivity index (χ1) is 8.79. The summed E-state index contributed by atoms with van der Waals surface area (Å²) in [6.45, 7) is 5.47. The van der Waals surface area contributed by atoms with Crippen molar-refractivity contribution in [2.24, 2.45) is 0 Å². The molecular weight excluding hydrogens is 238 g/mol. The van der Waals surface area contributed by atoms with Crippen LogP contribution in [0.4, 0.5) is 0 Å². The number of nitrogens with one attached hydrogen (secondary N) is 1. The molecular formula is C16H25NS. The third kappa shape index (κ3) is 4.03. The van der Waals surface area contributed by atoms with Gasteiger partial charge in [0.05, 0.1) is 0 Å². The Labute approximate surface area is 116 Å². The van der Waals surface area contributed by atoms with E-state index < -0.39 is 0 Å². The molecule has 1 N–H and O–H groups in total. The highest BCUT2D eigenvalue weighted by Gasteiger charge is 2.23. The van der Waals surface area contributed by atoms with Crippen molar-refractivity contribution in [3.63, 3.8) is 0 Å². The van der Waals surface area contributed by atoms with E-state index in [1.807, 2.05) is 0 Å². The molecule has 0 aromatic heterocycles. The van der Waals surface area contributed by atoms with Crippen LogP contribution >= 0.6 is 11.8 Å². The summed E-state index contributed by atoms with van der Waals surface area (Å²) < 4.78 is 0. The lowest BCUT2D eigenvalue weighted by Crippen LogP contribution is -2.37. The lowest BCUT2D eigenvalue weighted by atomic mass is 10.1. The minimum atomic E-state index is 0.698. The molecule has 2 atom stereocenters. The van der Waals surface area contributed by atoms with Crippen molar-refractivity contribution in [1.29, 1.82) is 0 Å². The predicted octanol–water partition coefficient (Wildman–Crippen LogP) is 4.40. The monoisotopic (exact) mass is 263 g/mol. The Bertz CT molecular complexity index is 347. The SMILES string of the molecule is CCNC1CCCCCC1Sc1ccc(C)cc1. The van der Waals surface area contributed by atoms with Gasteiger partial charge in [0.2, 0.25) is 0 Å². The van der Waals surface area contributed by atoms with Crippen molar-refractivity contribution in [3.8, 4) is 0 Å². The topological polar surface area (TPSA) is 12.0 Å². The van der Waals surface area contributed by atoms with E-state index in [1.54, 1.807) is 0 Å². The van der Waals surface area contributed by atoms with E-state index in [1.165, 1.54) is 42.6 Å². The lowest BCUT2D eigenvalue weighted by molar-refractivity contribution is 0.482. The molecule has 0 radical (unpaired) electrons. The summed E-state index contributed by atoms with van der Waals surface area (Å²) in [4.78, 5) is 1.43. The summed E-state index contributed by atoms with van der Waals surface area (Å²) in [5.74, 6) is 0. The van der Waals surface area contributed by atoms with Crippen molar-refractivity contribution in [2.75, 3.05) is 6.54 Å². The zero-order chi connectivity index (χ0) is 12.8. The number of rotatable bonds is 4. The van der Waals surface area contributed by atoms with Gasteiger partial charge in [0.15, 0.2) is 0 Å². The first-order valence-corrected chi connectivity index (χ1v) is 8.14. The zero-order valence-electron chi connectivity index (χ0n) is 11.6. The van der Waals surface area contributed by atoms with Crippen molar-refractivity contribution in [2.45, 2.75) is 62.1 Å². The molecule has 0 heterocycles. The van der Waals surface area contributed by atoms with Gasteiger partial charge in [-0.3, -0.25) is 0 Å². The first-order valence-electron chi connectivity index (χ1n) is 7.26. The van der Waals surface area contributed by atoms with E-state index >= 15 is 0 Å². The number of aryl methyl sites for hydroxylation is 1. The molecule has 0 spiro atoms. The third-order valence-corrected chi connectivity index (χ3v) is 5.14. The second kappa shape index (κ2) is 7.20. The molecule has 0 saturated heterocycles. The van der Waals surface area contributed by atoms with Crippen LogP contribution in [0.25, 0.3) is 0 Å². The van der Waals surface area contributed by atoms with Crippen LogP contribution in [0.15, 0.2) is 29.2 Å². The van der Waals surface area contributed by atoms with E-state index in [2.05, 4.69) is 55.2 Å². The fourth-order valence-electron chi connectivity index (χ4n) is 2.70. The zero-order valence-corrected chi connectivity index (χ0v) is 12.4. The molecule has 18 heavy (non-hydrogen) atoms. The van der Waals surface area contributed by atoms with Crippen LogP contribution in [0.2, 0.25) is 0 Å². The van der Waals surface area contributed by atoms with E-state index in [9.17, 15) is 0 Å². The van der Waals surface area contributed by atoms with Crippen LogP contribution in [-0.2, 0) is 0 Å². The van der Waals surface area contributed by atoms with Gasteiger partial charge in [-0.1, -0.05) is 43.9 Å². The molecule has 1 nitrogen and oxygen atoms in total. The molecule has 0 aliphatic heterocycles. The summed E-state index contributed by atoms with van der Waals surface area (Å²) in [6, 6.07) is 9.69. The van der Waals surface area contributed by atoms with Crippen molar-refractivity contribution in [1.82, 2.24) is 5.32 Å². The standard InChI is InChI=1S/C16H25NS/c1-3-17-15-7-5-4-6-8-16(15)18-14-11-9-13(2)10-12-14/h9-12,15-17H,3-8H2,1-2H3. The molecule has 0 bridgehead atoms. The van der Waals surface area contributed by atoms with Gasteiger partial charge in [0.1, 0.15) is 0 Å². The summed E-state index contributed by atoms with van der Waals surface area (Å²) in [7, 11) is 0. The van der Waals surface area contributed by atoms with Crippen LogP contribution in [-0.4, -0.2) is 17.8 Å². The van der Waals surface area contributed by atoms with Crippen LogP contribution < -0.4 is 5.32 Å². The van der Waals surface area contributed by atoms with Crippen molar-refractivity contribution >= 4 is 11.8 Å². The van der Waals surface area contributed by atoms with Gasteiger partial charge in [-0.05, 0) is 38.4 Å². The van der Waals surface area contributed by atoms with E-state index in [0.717, 1.165) is 11.8 Å². The smallest absolute Gasteiger partial charge is 0.0248 e. The van der Waals surface area contributed by atoms with Crippen LogP contribution in [0.1, 0.15) is 44.6 Å². The van der Waals surface area contributed by atoms with E-state index in [-0.39, 0.29) is 0 Å².